The summed E-state index contributed by atoms with van der Waals surface area (Å²) >= 11 is 0. The minimum atomic E-state index is -3.82. The monoisotopic (exact) mass is 468 g/mol. The lowest BCUT2D eigenvalue weighted by Gasteiger charge is -2.30. The van der Waals surface area contributed by atoms with Crippen molar-refractivity contribution >= 4 is 15.9 Å². The molecular formula is C26H32N2O4S. The molecule has 0 radical (unpaired) electrons. The summed E-state index contributed by atoms with van der Waals surface area (Å²) in [7, 11) is -3.82. The van der Waals surface area contributed by atoms with Crippen molar-refractivity contribution in [2.45, 2.75) is 51.1 Å². The summed E-state index contributed by atoms with van der Waals surface area (Å²) in [6.07, 6.45) is 2.84. The first-order valence-corrected chi connectivity index (χ1v) is 12.7. The second kappa shape index (κ2) is 11.3. The van der Waals surface area contributed by atoms with Gasteiger partial charge in [-0.3, -0.25) is 4.79 Å². The standard InChI is InChI=1S/C26H32N2O4S/c1-4-22(3)28(33(30,31)25-14-12-21(2)13-15-25)20-26(29)27(19-24-11-8-18-32-24)17-16-23-9-6-5-7-10-23/h5-15,18,22H,4,16-17,19-20H2,1-3H3. The topological polar surface area (TPSA) is 70.8 Å². The Morgan fingerprint density at radius 2 is 1.70 bits per heavy atom. The van der Waals surface area contributed by atoms with Crippen molar-refractivity contribution in [3.8, 4) is 0 Å². The van der Waals surface area contributed by atoms with E-state index in [9.17, 15) is 13.2 Å². The van der Waals surface area contributed by atoms with Gasteiger partial charge >= 0.3 is 0 Å². The largest absolute Gasteiger partial charge is 0.467 e. The Hall–Kier alpha value is -2.90. The summed E-state index contributed by atoms with van der Waals surface area (Å²) in [5.41, 5.74) is 2.09. The molecule has 0 saturated carbocycles. The van der Waals surface area contributed by atoms with Crippen LogP contribution in [0.2, 0.25) is 0 Å². The second-order valence-corrected chi connectivity index (χ2v) is 10.1. The number of amides is 1. The van der Waals surface area contributed by atoms with Gasteiger partial charge in [-0.2, -0.15) is 4.31 Å². The molecule has 2 aromatic carbocycles. The van der Waals surface area contributed by atoms with Gasteiger partial charge in [-0.15, -0.1) is 0 Å². The molecule has 1 atom stereocenters. The average molecular weight is 469 g/mol. The molecule has 1 unspecified atom stereocenters. The lowest BCUT2D eigenvalue weighted by Crippen LogP contribution is -2.46. The number of nitrogens with zero attached hydrogens (tertiary/aromatic N) is 2. The van der Waals surface area contributed by atoms with Gasteiger partial charge in [-0.25, -0.2) is 8.42 Å². The maximum atomic E-state index is 13.4. The van der Waals surface area contributed by atoms with Crippen LogP contribution < -0.4 is 0 Å². The summed E-state index contributed by atoms with van der Waals surface area (Å²) in [4.78, 5) is 15.3. The molecule has 0 fully saturated rings. The Labute approximate surface area is 196 Å². The van der Waals surface area contributed by atoms with Crippen molar-refractivity contribution in [3.05, 3.63) is 89.9 Å². The van der Waals surface area contributed by atoms with Crippen molar-refractivity contribution < 1.29 is 17.6 Å². The van der Waals surface area contributed by atoms with Gasteiger partial charge in [0.25, 0.3) is 0 Å². The molecule has 3 aromatic rings. The number of hydrogen-bond donors (Lipinski definition) is 0. The third kappa shape index (κ3) is 6.55. The molecule has 3 rings (SSSR count). The molecule has 1 heterocycles. The highest BCUT2D eigenvalue weighted by Crippen LogP contribution is 2.21. The number of hydrogen-bond acceptors (Lipinski definition) is 4. The normalized spacial score (nSPS) is 12.6. The first-order chi connectivity index (χ1) is 15.8. The van der Waals surface area contributed by atoms with Crippen molar-refractivity contribution in [1.82, 2.24) is 9.21 Å². The van der Waals surface area contributed by atoms with Crippen LogP contribution in [0.3, 0.4) is 0 Å². The number of carbonyl (C=O) groups is 1. The van der Waals surface area contributed by atoms with E-state index in [1.807, 2.05) is 57.2 Å². The molecule has 1 amide bonds. The Morgan fingerprint density at radius 1 is 1.00 bits per heavy atom. The van der Waals surface area contributed by atoms with Crippen molar-refractivity contribution in [1.29, 1.82) is 0 Å². The van der Waals surface area contributed by atoms with Crippen LogP contribution >= 0.6 is 0 Å². The highest BCUT2D eigenvalue weighted by molar-refractivity contribution is 7.89. The maximum Gasteiger partial charge on any atom is 0.243 e. The van der Waals surface area contributed by atoms with E-state index in [0.29, 0.717) is 25.1 Å². The zero-order chi connectivity index (χ0) is 23.8. The average Bonchev–Trinajstić information content (AvgIpc) is 3.33. The van der Waals surface area contributed by atoms with Gasteiger partial charge in [0, 0.05) is 12.6 Å². The molecule has 0 bridgehead atoms. The molecule has 0 saturated heterocycles. The fourth-order valence-corrected chi connectivity index (χ4v) is 5.21. The zero-order valence-electron chi connectivity index (χ0n) is 19.5. The van der Waals surface area contributed by atoms with E-state index in [0.717, 1.165) is 11.1 Å². The van der Waals surface area contributed by atoms with Gasteiger partial charge in [-0.05, 0) is 56.5 Å². The summed E-state index contributed by atoms with van der Waals surface area (Å²) in [5.74, 6) is 0.409. The van der Waals surface area contributed by atoms with Gasteiger partial charge in [0.2, 0.25) is 15.9 Å². The summed E-state index contributed by atoms with van der Waals surface area (Å²) in [5, 5.41) is 0. The maximum absolute atomic E-state index is 13.4. The lowest BCUT2D eigenvalue weighted by molar-refractivity contribution is -0.132. The number of aryl methyl sites for hydroxylation is 1. The van der Waals surface area contributed by atoms with Crippen LogP contribution in [0.15, 0.2) is 82.3 Å². The zero-order valence-corrected chi connectivity index (χ0v) is 20.3. The molecular weight excluding hydrogens is 436 g/mol. The van der Waals surface area contributed by atoms with Crippen LogP contribution in [0.4, 0.5) is 0 Å². The Kier molecular flexibility index (Phi) is 8.47. The van der Waals surface area contributed by atoms with E-state index in [1.165, 1.54) is 4.31 Å². The van der Waals surface area contributed by atoms with Crippen LogP contribution in [-0.2, 0) is 27.8 Å². The first-order valence-electron chi connectivity index (χ1n) is 11.2. The van der Waals surface area contributed by atoms with E-state index >= 15 is 0 Å². The Balaban J connectivity index is 1.83. The van der Waals surface area contributed by atoms with Crippen LogP contribution in [0.25, 0.3) is 0 Å². The van der Waals surface area contributed by atoms with E-state index < -0.39 is 10.0 Å². The lowest BCUT2D eigenvalue weighted by atomic mass is 10.1. The van der Waals surface area contributed by atoms with Crippen LogP contribution in [0, 0.1) is 6.92 Å². The fourth-order valence-electron chi connectivity index (χ4n) is 3.55. The highest BCUT2D eigenvalue weighted by Gasteiger charge is 2.32. The highest BCUT2D eigenvalue weighted by atomic mass is 32.2. The summed E-state index contributed by atoms with van der Waals surface area (Å²) in [6, 6.07) is 19.9. The van der Waals surface area contributed by atoms with Gasteiger partial charge in [0.1, 0.15) is 5.76 Å². The minimum absolute atomic E-state index is 0.197. The Morgan fingerprint density at radius 3 is 2.30 bits per heavy atom. The molecule has 0 N–H and O–H groups in total. The van der Waals surface area contributed by atoms with Gasteiger partial charge in [-0.1, -0.05) is 55.0 Å². The molecule has 33 heavy (non-hydrogen) atoms. The number of sulfonamides is 1. The molecule has 1 aromatic heterocycles. The molecule has 0 aliphatic carbocycles. The molecule has 0 spiro atoms. The van der Waals surface area contributed by atoms with E-state index in [1.54, 1.807) is 41.5 Å². The van der Waals surface area contributed by atoms with Crippen LogP contribution in [0.1, 0.15) is 37.2 Å². The molecule has 7 heteroatoms. The molecule has 0 aliphatic rings. The van der Waals surface area contributed by atoms with E-state index in [4.69, 9.17) is 4.42 Å². The van der Waals surface area contributed by atoms with Crippen molar-refractivity contribution in [3.63, 3.8) is 0 Å². The van der Waals surface area contributed by atoms with Gasteiger partial charge < -0.3 is 9.32 Å². The number of carbonyl (C=O) groups excluding carboxylic acids is 1. The third-order valence-corrected chi connectivity index (χ3v) is 7.77. The van der Waals surface area contributed by atoms with E-state index in [-0.39, 0.29) is 29.9 Å². The first kappa shape index (κ1) is 24.7. The van der Waals surface area contributed by atoms with Crippen molar-refractivity contribution in [2.24, 2.45) is 0 Å². The molecule has 6 nitrogen and oxygen atoms in total. The van der Waals surface area contributed by atoms with Crippen LogP contribution in [0.5, 0.6) is 0 Å². The van der Waals surface area contributed by atoms with Gasteiger partial charge in [0.05, 0.1) is 24.2 Å². The Bertz CT molecular complexity index is 1110. The number of rotatable bonds is 11. The summed E-state index contributed by atoms with van der Waals surface area (Å²) < 4.78 is 33.6. The molecule has 0 aliphatic heterocycles. The van der Waals surface area contributed by atoms with Crippen molar-refractivity contribution in [2.75, 3.05) is 13.1 Å². The minimum Gasteiger partial charge on any atom is -0.467 e. The van der Waals surface area contributed by atoms with Crippen LogP contribution in [-0.4, -0.2) is 42.7 Å². The predicted octanol–water partition coefficient (Wildman–Crippen LogP) is 4.65. The van der Waals surface area contributed by atoms with E-state index in [2.05, 4.69) is 0 Å². The fraction of sp³-hybridized carbons (Fsp3) is 0.346. The SMILES string of the molecule is CCC(C)N(CC(=O)N(CCc1ccccc1)Cc1ccco1)S(=O)(=O)c1ccc(C)cc1. The third-order valence-electron chi connectivity index (χ3n) is 5.79. The second-order valence-electron chi connectivity index (χ2n) is 8.25. The number of benzene rings is 2. The predicted molar refractivity (Wildman–Crippen MR) is 129 cm³/mol. The number of furan rings is 1. The quantitative estimate of drug-likeness (QED) is 0.411. The summed E-state index contributed by atoms with van der Waals surface area (Å²) in [6.45, 7) is 6.19. The van der Waals surface area contributed by atoms with Gasteiger partial charge in [0.15, 0.2) is 0 Å². The molecule has 176 valence electrons. The smallest absolute Gasteiger partial charge is 0.243 e.